The fourth-order valence-electron chi connectivity index (χ4n) is 1.35. The first kappa shape index (κ1) is 10.4. The SMILES string of the molecule is CC1(C)OCC(COCC2CO2)CO1. The summed E-state index contributed by atoms with van der Waals surface area (Å²) in [6.07, 6.45) is 0.344. The first-order valence-corrected chi connectivity index (χ1v) is 5.13. The van der Waals surface area contributed by atoms with Gasteiger partial charge in [-0.3, -0.25) is 0 Å². The van der Waals surface area contributed by atoms with Crippen molar-refractivity contribution in [2.45, 2.75) is 25.7 Å². The number of hydrogen-bond donors (Lipinski definition) is 0. The molecule has 1 unspecified atom stereocenters. The van der Waals surface area contributed by atoms with Crippen LogP contribution < -0.4 is 0 Å². The summed E-state index contributed by atoms with van der Waals surface area (Å²) in [7, 11) is 0. The quantitative estimate of drug-likeness (QED) is 0.632. The smallest absolute Gasteiger partial charge is 0.162 e. The minimum absolute atomic E-state index is 0.344. The van der Waals surface area contributed by atoms with Gasteiger partial charge in [-0.25, -0.2) is 0 Å². The second-order valence-electron chi connectivity index (χ2n) is 4.38. The molecule has 2 rings (SSSR count). The van der Waals surface area contributed by atoms with E-state index in [0.29, 0.717) is 25.2 Å². The molecule has 0 saturated carbocycles. The number of rotatable bonds is 4. The van der Waals surface area contributed by atoms with Crippen molar-refractivity contribution >= 4 is 0 Å². The van der Waals surface area contributed by atoms with Crippen LogP contribution in [0.3, 0.4) is 0 Å². The van der Waals surface area contributed by atoms with Crippen molar-refractivity contribution < 1.29 is 18.9 Å². The van der Waals surface area contributed by atoms with Gasteiger partial charge >= 0.3 is 0 Å². The average molecular weight is 202 g/mol. The molecule has 4 heteroatoms. The zero-order valence-electron chi connectivity index (χ0n) is 8.82. The van der Waals surface area contributed by atoms with E-state index in [1.165, 1.54) is 0 Å². The molecule has 0 amide bonds. The Morgan fingerprint density at radius 3 is 2.36 bits per heavy atom. The second kappa shape index (κ2) is 4.14. The van der Waals surface area contributed by atoms with E-state index >= 15 is 0 Å². The second-order valence-corrected chi connectivity index (χ2v) is 4.38. The van der Waals surface area contributed by atoms with Gasteiger partial charge in [0.1, 0.15) is 6.10 Å². The number of hydrogen-bond acceptors (Lipinski definition) is 4. The molecule has 0 aliphatic carbocycles. The molecule has 0 aromatic rings. The Labute approximate surface area is 84.5 Å². The third-order valence-corrected chi connectivity index (χ3v) is 2.39. The molecule has 0 aromatic heterocycles. The van der Waals surface area contributed by atoms with Crippen molar-refractivity contribution in [3.63, 3.8) is 0 Å². The summed E-state index contributed by atoms with van der Waals surface area (Å²) in [6.45, 7) is 7.57. The highest BCUT2D eigenvalue weighted by atomic mass is 16.7. The molecule has 2 aliphatic rings. The molecule has 2 fully saturated rings. The highest BCUT2D eigenvalue weighted by Crippen LogP contribution is 2.20. The standard InChI is InChI=1S/C10H18O4/c1-10(2)13-4-8(5-14-10)3-11-6-9-7-12-9/h8-9H,3-7H2,1-2H3. The highest BCUT2D eigenvalue weighted by molar-refractivity contribution is 4.70. The molecular formula is C10H18O4. The van der Waals surface area contributed by atoms with Gasteiger partial charge < -0.3 is 18.9 Å². The molecule has 2 aliphatic heterocycles. The van der Waals surface area contributed by atoms with Gasteiger partial charge in [-0.1, -0.05) is 0 Å². The van der Waals surface area contributed by atoms with E-state index in [4.69, 9.17) is 18.9 Å². The molecular weight excluding hydrogens is 184 g/mol. The molecule has 2 heterocycles. The van der Waals surface area contributed by atoms with Crippen LogP contribution in [0.5, 0.6) is 0 Å². The zero-order valence-corrected chi connectivity index (χ0v) is 8.82. The maximum atomic E-state index is 5.52. The van der Waals surface area contributed by atoms with Gasteiger partial charge in [-0.05, 0) is 13.8 Å². The van der Waals surface area contributed by atoms with E-state index in [2.05, 4.69) is 0 Å². The molecule has 14 heavy (non-hydrogen) atoms. The third-order valence-electron chi connectivity index (χ3n) is 2.39. The Kier molecular flexibility index (Phi) is 3.07. The number of epoxide rings is 1. The van der Waals surface area contributed by atoms with E-state index in [0.717, 1.165) is 19.8 Å². The lowest BCUT2D eigenvalue weighted by atomic mass is 10.1. The summed E-state index contributed by atoms with van der Waals surface area (Å²) >= 11 is 0. The fraction of sp³-hybridized carbons (Fsp3) is 1.00. The number of ether oxygens (including phenoxy) is 4. The van der Waals surface area contributed by atoms with Crippen LogP contribution in [0.4, 0.5) is 0 Å². The molecule has 4 nitrogen and oxygen atoms in total. The van der Waals surface area contributed by atoms with Crippen LogP contribution in [-0.2, 0) is 18.9 Å². The van der Waals surface area contributed by atoms with Gasteiger partial charge in [0, 0.05) is 5.92 Å². The van der Waals surface area contributed by atoms with Crippen molar-refractivity contribution in [3.05, 3.63) is 0 Å². The summed E-state index contributed by atoms with van der Waals surface area (Å²) in [5, 5.41) is 0. The summed E-state index contributed by atoms with van der Waals surface area (Å²) in [5.41, 5.74) is 0. The van der Waals surface area contributed by atoms with E-state index in [1.54, 1.807) is 0 Å². The van der Waals surface area contributed by atoms with Gasteiger partial charge in [0.05, 0.1) is 33.0 Å². The summed E-state index contributed by atoms with van der Waals surface area (Å²) in [6, 6.07) is 0. The topological polar surface area (TPSA) is 40.2 Å². The molecule has 0 radical (unpaired) electrons. The molecule has 82 valence electrons. The van der Waals surface area contributed by atoms with Crippen LogP contribution in [0.15, 0.2) is 0 Å². The molecule has 0 bridgehead atoms. The predicted octanol–water partition coefficient (Wildman–Crippen LogP) is 0.801. The predicted molar refractivity (Wildman–Crippen MR) is 50.0 cm³/mol. The largest absolute Gasteiger partial charge is 0.378 e. The van der Waals surface area contributed by atoms with Crippen molar-refractivity contribution in [2.24, 2.45) is 5.92 Å². The lowest BCUT2D eigenvalue weighted by molar-refractivity contribution is -0.266. The van der Waals surface area contributed by atoms with Gasteiger partial charge in [-0.15, -0.1) is 0 Å². The van der Waals surface area contributed by atoms with Crippen molar-refractivity contribution in [1.82, 2.24) is 0 Å². The Morgan fingerprint density at radius 2 is 1.79 bits per heavy atom. The monoisotopic (exact) mass is 202 g/mol. The Morgan fingerprint density at radius 1 is 1.14 bits per heavy atom. The average Bonchev–Trinajstić information content (AvgIpc) is 2.92. The Bertz CT molecular complexity index is 179. The molecule has 2 saturated heterocycles. The molecule has 0 spiro atoms. The summed E-state index contributed by atoms with van der Waals surface area (Å²) < 4.78 is 21.6. The van der Waals surface area contributed by atoms with Crippen LogP contribution in [0.25, 0.3) is 0 Å². The van der Waals surface area contributed by atoms with Crippen LogP contribution in [0.1, 0.15) is 13.8 Å². The highest BCUT2D eigenvalue weighted by Gasteiger charge is 2.29. The van der Waals surface area contributed by atoms with Gasteiger partial charge in [-0.2, -0.15) is 0 Å². The molecule has 1 atom stereocenters. The van der Waals surface area contributed by atoms with Crippen molar-refractivity contribution in [2.75, 3.05) is 33.0 Å². The maximum absolute atomic E-state index is 5.52. The molecule has 0 aromatic carbocycles. The first-order valence-electron chi connectivity index (χ1n) is 5.13. The third kappa shape index (κ3) is 3.20. The fourth-order valence-corrected chi connectivity index (χ4v) is 1.35. The van der Waals surface area contributed by atoms with Crippen molar-refractivity contribution in [1.29, 1.82) is 0 Å². The van der Waals surface area contributed by atoms with Gasteiger partial charge in [0.2, 0.25) is 0 Å². The lowest BCUT2D eigenvalue weighted by Gasteiger charge is -2.34. The van der Waals surface area contributed by atoms with Crippen LogP contribution in [0.2, 0.25) is 0 Å². The zero-order chi connectivity index (χ0) is 10.0. The summed E-state index contributed by atoms with van der Waals surface area (Å²) in [4.78, 5) is 0. The molecule has 0 N–H and O–H groups in total. The maximum Gasteiger partial charge on any atom is 0.162 e. The summed E-state index contributed by atoms with van der Waals surface area (Å²) in [5.74, 6) is -0.0578. The van der Waals surface area contributed by atoms with Gasteiger partial charge in [0.15, 0.2) is 5.79 Å². The van der Waals surface area contributed by atoms with E-state index in [-0.39, 0.29) is 0 Å². The van der Waals surface area contributed by atoms with Crippen LogP contribution in [0, 0.1) is 5.92 Å². The Balaban J connectivity index is 1.58. The normalized spacial score (nSPS) is 31.7. The minimum atomic E-state index is -0.421. The van der Waals surface area contributed by atoms with E-state index in [9.17, 15) is 0 Å². The van der Waals surface area contributed by atoms with E-state index in [1.807, 2.05) is 13.8 Å². The van der Waals surface area contributed by atoms with Crippen molar-refractivity contribution in [3.8, 4) is 0 Å². The lowest BCUT2D eigenvalue weighted by Crippen LogP contribution is -2.40. The van der Waals surface area contributed by atoms with Crippen LogP contribution in [-0.4, -0.2) is 44.9 Å². The Hall–Kier alpha value is -0.160. The van der Waals surface area contributed by atoms with Crippen LogP contribution >= 0.6 is 0 Å². The van der Waals surface area contributed by atoms with E-state index < -0.39 is 5.79 Å². The first-order chi connectivity index (χ1) is 6.66. The van der Waals surface area contributed by atoms with Gasteiger partial charge in [0.25, 0.3) is 0 Å². The minimum Gasteiger partial charge on any atom is -0.378 e.